The molecule has 21 heavy (non-hydrogen) atoms. The van der Waals surface area contributed by atoms with Gasteiger partial charge in [-0.1, -0.05) is 0 Å². The highest BCUT2D eigenvalue weighted by Crippen LogP contribution is 2.12. The summed E-state index contributed by atoms with van der Waals surface area (Å²) in [7, 11) is 0. The Labute approximate surface area is 131 Å². The predicted molar refractivity (Wildman–Crippen MR) is 86.8 cm³/mol. The molecule has 128 valence electrons. The molecule has 0 amide bonds. The largest absolute Gasteiger partial charge is 0.373 e. The maximum absolute atomic E-state index is 5.80. The molecule has 0 aromatic heterocycles. The molecule has 0 aliphatic rings. The van der Waals surface area contributed by atoms with Crippen LogP contribution in [0.5, 0.6) is 0 Å². The fourth-order valence-electron chi connectivity index (χ4n) is 1.70. The van der Waals surface area contributed by atoms with E-state index in [0.717, 1.165) is 0 Å². The van der Waals surface area contributed by atoms with Crippen LogP contribution in [0.2, 0.25) is 0 Å². The summed E-state index contributed by atoms with van der Waals surface area (Å²) in [4.78, 5) is 0. The van der Waals surface area contributed by atoms with Crippen molar-refractivity contribution in [3.8, 4) is 0 Å². The van der Waals surface area contributed by atoms with E-state index in [0.29, 0.717) is 19.8 Å². The highest BCUT2D eigenvalue weighted by atomic mass is 16.6. The molecule has 4 heteroatoms. The Hall–Kier alpha value is -0.160. The van der Waals surface area contributed by atoms with Gasteiger partial charge in [0.1, 0.15) is 0 Å². The van der Waals surface area contributed by atoms with E-state index in [9.17, 15) is 0 Å². The lowest BCUT2D eigenvalue weighted by Gasteiger charge is -2.26. The van der Waals surface area contributed by atoms with Crippen LogP contribution in [-0.2, 0) is 18.9 Å². The molecule has 0 aromatic rings. The van der Waals surface area contributed by atoms with Gasteiger partial charge in [0.15, 0.2) is 0 Å². The van der Waals surface area contributed by atoms with Crippen molar-refractivity contribution in [2.75, 3.05) is 19.8 Å². The van der Waals surface area contributed by atoms with Gasteiger partial charge in [-0.15, -0.1) is 0 Å². The van der Waals surface area contributed by atoms with Crippen molar-refractivity contribution in [2.45, 2.75) is 91.8 Å². The molecular weight excluding hydrogens is 268 g/mol. The highest BCUT2D eigenvalue weighted by Gasteiger charge is 2.17. The first-order valence-electron chi connectivity index (χ1n) is 7.94. The molecule has 4 nitrogen and oxygen atoms in total. The minimum Gasteiger partial charge on any atom is -0.373 e. The van der Waals surface area contributed by atoms with Crippen LogP contribution < -0.4 is 0 Å². The van der Waals surface area contributed by atoms with E-state index in [-0.39, 0.29) is 29.5 Å². The maximum atomic E-state index is 5.80. The van der Waals surface area contributed by atoms with E-state index in [1.807, 2.05) is 62.3 Å². The minimum atomic E-state index is -0.138. The first-order chi connectivity index (χ1) is 9.39. The van der Waals surface area contributed by atoms with Gasteiger partial charge in [0.25, 0.3) is 0 Å². The molecule has 0 rings (SSSR count). The predicted octanol–water partition coefficient (Wildman–Crippen LogP) is 3.82. The first kappa shape index (κ1) is 20.8. The summed E-state index contributed by atoms with van der Waals surface area (Å²) in [5.74, 6) is 0. The molecule has 3 unspecified atom stereocenters. The van der Waals surface area contributed by atoms with Gasteiger partial charge in [-0.2, -0.15) is 0 Å². The van der Waals surface area contributed by atoms with Crippen LogP contribution in [0.3, 0.4) is 0 Å². The highest BCUT2D eigenvalue weighted by molar-refractivity contribution is 4.64. The van der Waals surface area contributed by atoms with Gasteiger partial charge < -0.3 is 18.9 Å². The topological polar surface area (TPSA) is 36.9 Å². The Balaban J connectivity index is 3.77. The smallest absolute Gasteiger partial charge is 0.0787 e. The fourth-order valence-corrected chi connectivity index (χ4v) is 1.70. The van der Waals surface area contributed by atoms with E-state index in [1.165, 1.54) is 0 Å². The standard InChI is InChI=1S/C17H36O4/c1-13(19-11-15(3)21-17(7,8)9)10-18-14(2)12-20-16(4,5)6/h13-15H,10-12H2,1-9H3. The van der Waals surface area contributed by atoms with Gasteiger partial charge in [0.05, 0.1) is 49.3 Å². The number of hydrogen-bond acceptors (Lipinski definition) is 4. The minimum absolute atomic E-state index is 0.0492. The summed E-state index contributed by atoms with van der Waals surface area (Å²) < 4.78 is 23.0. The van der Waals surface area contributed by atoms with Crippen molar-refractivity contribution in [1.29, 1.82) is 0 Å². The van der Waals surface area contributed by atoms with E-state index in [1.54, 1.807) is 0 Å². The van der Waals surface area contributed by atoms with E-state index >= 15 is 0 Å². The van der Waals surface area contributed by atoms with Crippen molar-refractivity contribution in [1.82, 2.24) is 0 Å². The summed E-state index contributed by atoms with van der Waals surface area (Å²) in [6, 6.07) is 0. The average molecular weight is 304 g/mol. The second-order valence-electron chi connectivity index (χ2n) is 7.75. The van der Waals surface area contributed by atoms with Crippen LogP contribution in [0.25, 0.3) is 0 Å². The summed E-state index contributed by atoms with van der Waals surface area (Å²) in [5, 5.41) is 0. The molecule has 0 radical (unpaired) electrons. The maximum Gasteiger partial charge on any atom is 0.0787 e. The number of ether oxygens (including phenoxy) is 4. The third-order valence-electron chi connectivity index (χ3n) is 2.54. The summed E-state index contributed by atoms with van der Waals surface area (Å²) in [5.41, 5.74) is -0.263. The van der Waals surface area contributed by atoms with Crippen LogP contribution in [0.1, 0.15) is 62.3 Å². The van der Waals surface area contributed by atoms with E-state index in [2.05, 4.69) is 0 Å². The van der Waals surface area contributed by atoms with Gasteiger partial charge in [-0.3, -0.25) is 0 Å². The van der Waals surface area contributed by atoms with Gasteiger partial charge in [0, 0.05) is 0 Å². The number of rotatable bonds is 9. The molecule has 0 saturated carbocycles. The van der Waals surface area contributed by atoms with Gasteiger partial charge in [-0.25, -0.2) is 0 Å². The Morgan fingerprint density at radius 2 is 1.05 bits per heavy atom. The fraction of sp³-hybridized carbons (Fsp3) is 1.00. The van der Waals surface area contributed by atoms with Crippen LogP contribution in [0.15, 0.2) is 0 Å². The Bertz CT molecular complexity index is 265. The van der Waals surface area contributed by atoms with Crippen molar-refractivity contribution in [3.05, 3.63) is 0 Å². The summed E-state index contributed by atoms with van der Waals surface area (Å²) >= 11 is 0. The SMILES string of the molecule is CC(COC(C)COC(C)(C)C)OCC(C)OC(C)(C)C. The van der Waals surface area contributed by atoms with Gasteiger partial charge >= 0.3 is 0 Å². The summed E-state index contributed by atoms with van der Waals surface area (Å²) in [6.45, 7) is 20.1. The molecule has 3 atom stereocenters. The van der Waals surface area contributed by atoms with Crippen molar-refractivity contribution < 1.29 is 18.9 Å². The van der Waals surface area contributed by atoms with Crippen LogP contribution in [-0.4, -0.2) is 49.3 Å². The second kappa shape index (κ2) is 9.09. The van der Waals surface area contributed by atoms with E-state index < -0.39 is 0 Å². The Morgan fingerprint density at radius 3 is 1.48 bits per heavy atom. The third kappa shape index (κ3) is 14.5. The molecule has 0 heterocycles. The van der Waals surface area contributed by atoms with Crippen molar-refractivity contribution in [3.63, 3.8) is 0 Å². The monoisotopic (exact) mass is 304 g/mol. The average Bonchev–Trinajstić information content (AvgIpc) is 2.28. The molecular formula is C17H36O4. The molecule has 0 bridgehead atoms. The van der Waals surface area contributed by atoms with Crippen LogP contribution in [0.4, 0.5) is 0 Å². The van der Waals surface area contributed by atoms with E-state index in [4.69, 9.17) is 18.9 Å². The lowest BCUT2D eigenvalue weighted by atomic mass is 10.2. The molecule has 0 aromatic carbocycles. The quantitative estimate of drug-likeness (QED) is 0.649. The zero-order valence-corrected chi connectivity index (χ0v) is 15.5. The third-order valence-corrected chi connectivity index (χ3v) is 2.54. The van der Waals surface area contributed by atoms with Crippen molar-refractivity contribution >= 4 is 0 Å². The molecule has 0 aliphatic heterocycles. The molecule has 0 spiro atoms. The zero-order valence-electron chi connectivity index (χ0n) is 15.5. The molecule has 0 saturated heterocycles. The molecule has 0 N–H and O–H groups in total. The lowest BCUT2D eigenvalue weighted by molar-refractivity contribution is -0.117. The normalized spacial score (nSPS) is 17.6. The van der Waals surface area contributed by atoms with Crippen LogP contribution in [0, 0.1) is 0 Å². The summed E-state index contributed by atoms with van der Waals surface area (Å²) in [6.07, 6.45) is 0.195. The first-order valence-corrected chi connectivity index (χ1v) is 7.94. The second-order valence-corrected chi connectivity index (χ2v) is 7.75. The van der Waals surface area contributed by atoms with Crippen molar-refractivity contribution in [2.24, 2.45) is 0 Å². The molecule has 0 fully saturated rings. The zero-order chi connectivity index (χ0) is 16.7. The van der Waals surface area contributed by atoms with Crippen LogP contribution >= 0.6 is 0 Å². The van der Waals surface area contributed by atoms with Gasteiger partial charge in [0.2, 0.25) is 0 Å². The Morgan fingerprint density at radius 1 is 0.619 bits per heavy atom. The number of hydrogen-bond donors (Lipinski definition) is 0. The molecule has 0 aliphatic carbocycles. The lowest BCUT2D eigenvalue weighted by Crippen LogP contribution is -2.32. The Kier molecular flexibility index (Phi) is 9.02. The van der Waals surface area contributed by atoms with Gasteiger partial charge in [-0.05, 0) is 62.3 Å².